The molecule has 4 rings (SSSR count). The van der Waals surface area contributed by atoms with Crippen LogP contribution in [0, 0.1) is 12.8 Å². The van der Waals surface area contributed by atoms with E-state index in [1.165, 1.54) is 17.8 Å². The molecule has 3 aromatic rings. The van der Waals surface area contributed by atoms with Gasteiger partial charge in [-0.3, -0.25) is 14.4 Å². The zero-order chi connectivity index (χ0) is 21.6. The molecule has 9 heteroatoms. The van der Waals surface area contributed by atoms with Crippen molar-refractivity contribution in [3.05, 3.63) is 46.1 Å². The minimum absolute atomic E-state index is 0.0332. The maximum atomic E-state index is 12.8. The van der Waals surface area contributed by atoms with E-state index < -0.39 is 0 Å². The van der Waals surface area contributed by atoms with Gasteiger partial charge in [-0.05, 0) is 25.3 Å². The van der Waals surface area contributed by atoms with Crippen LogP contribution in [0.1, 0.15) is 28.8 Å². The lowest BCUT2D eigenvalue weighted by molar-refractivity contribution is -0.117. The quantitative estimate of drug-likeness (QED) is 0.598. The molecule has 0 radical (unpaired) electrons. The number of pyridine rings is 2. The van der Waals surface area contributed by atoms with Gasteiger partial charge in [-0.2, -0.15) is 0 Å². The highest BCUT2D eigenvalue weighted by Gasteiger charge is 2.30. The number of carbonyl (C=O) groups is 2. The Morgan fingerprint density at radius 2 is 1.87 bits per heavy atom. The van der Waals surface area contributed by atoms with Crippen molar-refractivity contribution in [1.82, 2.24) is 19.4 Å². The van der Waals surface area contributed by atoms with Crippen LogP contribution >= 0.6 is 0 Å². The molecule has 3 aromatic heterocycles. The third-order valence-electron chi connectivity index (χ3n) is 5.32. The lowest BCUT2D eigenvalue weighted by Gasteiger charge is -2.13. The van der Waals surface area contributed by atoms with E-state index in [-0.39, 0.29) is 23.3 Å². The first kappa shape index (κ1) is 19.7. The van der Waals surface area contributed by atoms with Gasteiger partial charge in [0.05, 0.1) is 27.8 Å². The topological polar surface area (TPSA) is 110 Å². The zero-order valence-corrected chi connectivity index (χ0v) is 17.4. The predicted octanol–water partition coefficient (Wildman–Crippen LogP) is 2.03. The summed E-state index contributed by atoms with van der Waals surface area (Å²) < 4.78 is 3.42. The Balaban J connectivity index is 1.80. The summed E-state index contributed by atoms with van der Waals surface area (Å²) in [6.45, 7) is 1.94. The van der Waals surface area contributed by atoms with Crippen LogP contribution in [0.4, 0.5) is 17.2 Å². The van der Waals surface area contributed by atoms with E-state index in [0.717, 1.165) is 23.9 Å². The van der Waals surface area contributed by atoms with E-state index in [1.54, 1.807) is 19.3 Å². The van der Waals surface area contributed by atoms with Gasteiger partial charge in [-0.25, -0.2) is 4.98 Å². The summed E-state index contributed by atoms with van der Waals surface area (Å²) in [4.78, 5) is 41.5. The molecule has 156 valence electrons. The molecule has 9 nitrogen and oxygen atoms in total. The van der Waals surface area contributed by atoms with Crippen LogP contribution in [0.5, 0.6) is 0 Å². The highest BCUT2D eigenvalue weighted by molar-refractivity contribution is 6.03. The van der Waals surface area contributed by atoms with Crippen LogP contribution in [0.25, 0.3) is 10.9 Å². The average molecular weight is 408 g/mol. The van der Waals surface area contributed by atoms with Gasteiger partial charge in [0, 0.05) is 51.7 Å². The van der Waals surface area contributed by atoms with E-state index >= 15 is 0 Å². The molecule has 0 bridgehead atoms. The third kappa shape index (κ3) is 3.42. The SMILES string of the molecule is CNC(=O)c1cnc(NC(=O)C2CC2)cc1Nc1cn(C)c2c(C)cn(C)c(=O)c12. The monoisotopic (exact) mass is 408 g/mol. The minimum Gasteiger partial charge on any atom is -0.355 e. The number of carbonyl (C=O) groups excluding carboxylic acids is 2. The van der Waals surface area contributed by atoms with E-state index in [0.29, 0.717) is 28.1 Å². The maximum Gasteiger partial charge on any atom is 0.261 e. The van der Waals surface area contributed by atoms with Crippen molar-refractivity contribution in [2.24, 2.45) is 20.0 Å². The Labute approximate surface area is 173 Å². The lowest BCUT2D eigenvalue weighted by Crippen LogP contribution is -2.21. The van der Waals surface area contributed by atoms with Crippen molar-refractivity contribution < 1.29 is 9.59 Å². The Bertz CT molecular complexity index is 1240. The second-order valence-corrected chi connectivity index (χ2v) is 7.69. The van der Waals surface area contributed by atoms with Crippen molar-refractivity contribution in [2.75, 3.05) is 17.7 Å². The van der Waals surface area contributed by atoms with Crippen molar-refractivity contribution in [3.63, 3.8) is 0 Å². The molecule has 0 aromatic carbocycles. The molecule has 0 spiro atoms. The zero-order valence-electron chi connectivity index (χ0n) is 17.4. The van der Waals surface area contributed by atoms with Gasteiger partial charge >= 0.3 is 0 Å². The van der Waals surface area contributed by atoms with E-state index in [4.69, 9.17) is 0 Å². The summed E-state index contributed by atoms with van der Waals surface area (Å²) in [7, 11) is 5.11. The number of fused-ring (bicyclic) bond motifs is 1. The second kappa shape index (κ2) is 7.33. The number of nitrogens with zero attached hydrogens (tertiary/aromatic N) is 3. The fourth-order valence-electron chi connectivity index (χ4n) is 3.66. The van der Waals surface area contributed by atoms with Gasteiger partial charge in [-0.1, -0.05) is 0 Å². The number of anilines is 3. The molecule has 30 heavy (non-hydrogen) atoms. The summed E-state index contributed by atoms with van der Waals surface area (Å²) >= 11 is 0. The maximum absolute atomic E-state index is 12.8. The van der Waals surface area contributed by atoms with Crippen LogP contribution in [-0.4, -0.2) is 33.0 Å². The summed E-state index contributed by atoms with van der Waals surface area (Å²) in [6.07, 6.45) is 6.79. The minimum atomic E-state index is -0.325. The van der Waals surface area contributed by atoms with Crippen molar-refractivity contribution in [2.45, 2.75) is 19.8 Å². The molecule has 1 saturated carbocycles. The second-order valence-electron chi connectivity index (χ2n) is 7.69. The highest BCUT2D eigenvalue weighted by Crippen LogP contribution is 2.32. The Morgan fingerprint density at radius 1 is 1.13 bits per heavy atom. The molecule has 3 N–H and O–H groups in total. The van der Waals surface area contributed by atoms with Crippen molar-refractivity contribution in [3.8, 4) is 0 Å². The fourth-order valence-corrected chi connectivity index (χ4v) is 3.66. The summed E-state index contributed by atoms with van der Waals surface area (Å²) in [5.41, 5.74) is 2.97. The van der Waals surface area contributed by atoms with Crippen molar-refractivity contribution >= 4 is 39.9 Å². The molecule has 1 fully saturated rings. The van der Waals surface area contributed by atoms with Crippen LogP contribution in [-0.2, 0) is 18.9 Å². The van der Waals surface area contributed by atoms with E-state index in [1.807, 2.05) is 24.7 Å². The fraction of sp³-hybridized carbons (Fsp3) is 0.333. The van der Waals surface area contributed by atoms with Crippen LogP contribution in [0.15, 0.2) is 29.5 Å². The van der Waals surface area contributed by atoms with Crippen LogP contribution in [0.2, 0.25) is 0 Å². The normalized spacial score (nSPS) is 13.3. The molecule has 0 unspecified atom stereocenters. The van der Waals surface area contributed by atoms with Gasteiger partial charge < -0.3 is 25.1 Å². The first-order valence-electron chi connectivity index (χ1n) is 9.75. The van der Waals surface area contributed by atoms with E-state index in [9.17, 15) is 14.4 Å². The van der Waals surface area contributed by atoms with Crippen molar-refractivity contribution in [1.29, 1.82) is 0 Å². The molecule has 1 aliphatic rings. The number of hydrogen-bond acceptors (Lipinski definition) is 5. The molecule has 0 saturated heterocycles. The van der Waals surface area contributed by atoms with Gasteiger partial charge in [0.1, 0.15) is 5.82 Å². The van der Waals surface area contributed by atoms with Gasteiger partial charge in [0.15, 0.2) is 0 Å². The van der Waals surface area contributed by atoms with Crippen LogP contribution in [0.3, 0.4) is 0 Å². The number of nitrogens with one attached hydrogen (secondary N) is 3. The smallest absolute Gasteiger partial charge is 0.261 e. The number of amides is 2. The third-order valence-corrected chi connectivity index (χ3v) is 5.32. The van der Waals surface area contributed by atoms with Gasteiger partial charge in [-0.15, -0.1) is 0 Å². The highest BCUT2D eigenvalue weighted by atomic mass is 16.2. The Hall–Kier alpha value is -3.62. The first-order chi connectivity index (χ1) is 14.3. The number of hydrogen-bond donors (Lipinski definition) is 3. The lowest BCUT2D eigenvalue weighted by atomic mass is 10.1. The van der Waals surface area contributed by atoms with Crippen LogP contribution < -0.4 is 21.5 Å². The Kier molecular flexibility index (Phi) is 4.81. The predicted molar refractivity (Wildman–Crippen MR) is 115 cm³/mol. The molecule has 1 aliphatic carbocycles. The summed E-state index contributed by atoms with van der Waals surface area (Å²) in [5.74, 6) is -0.0116. The summed E-state index contributed by atoms with van der Waals surface area (Å²) in [5, 5.41) is 9.13. The molecule has 0 atom stereocenters. The van der Waals surface area contributed by atoms with Gasteiger partial charge in [0.25, 0.3) is 11.5 Å². The standard InChI is InChI=1S/C21H24N6O3/c1-11-9-27(4)21(30)17-15(10-26(3)18(11)17)24-14-7-16(25-19(28)12-5-6-12)23-8-13(14)20(29)22-2/h7-10,12H,5-6H2,1-4H3,(H,22,29)(H2,23,24,25,28). The molecule has 2 amide bonds. The average Bonchev–Trinajstić information content (AvgIpc) is 3.50. The number of aryl methyl sites for hydroxylation is 3. The number of aromatic nitrogens is 3. The Morgan fingerprint density at radius 3 is 2.53 bits per heavy atom. The molecule has 3 heterocycles. The summed E-state index contributed by atoms with van der Waals surface area (Å²) in [6, 6.07) is 1.62. The molecular weight excluding hydrogens is 384 g/mol. The molecular formula is C21H24N6O3. The first-order valence-corrected chi connectivity index (χ1v) is 9.75. The molecule has 0 aliphatic heterocycles. The number of rotatable bonds is 5. The largest absolute Gasteiger partial charge is 0.355 e. The van der Waals surface area contributed by atoms with Gasteiger partial charge in [0.2, 0.25) is 5.91 Å². The van der Waals surface area contributed by atoms with E-state index in [2.05, 4.69) is 20.9 Å².